The summed E-state index contributed by atoms with van der Waals surface area (Å²) in [5.41, 5.74) is 0.942. The van der Waals surface area contributed by atoms with Crippen LogP contribution in [0.15, 0.2) is 24.3 Å². The second-order valence-electron chi connectivity index (χ2n) is 5.62. The average Bonchev–Trinajstić information content (AvgIpc) is 2.42. The fourth-order valence-corrected chi connectivity index (χ4v) is 2.87. The van der Waals surface area contributed by atoms with Crippen molar-refractivity contribution >= 4 is 17.6 Å². The molecule has 0 aliphatic carbocycles. The van der Waals surface area contributed by atoms with Gasteiger partial charge in [0.1, 0.15) is 12.6 Å². The minimum Gasteiger partial charge on any atom is -0.456 e. The van der Waals surface area contributed by atoms with Crippen LogP contribution in [-0.4, -0.2) is 31.7 Å². The molecule has 4 heteroatoms. The molecule has 1 aliphatic heterocycles. The van der Waals surface area contributed by atoms with E-state index in [9.17, 15) is 4.79 Å². The molecule has 0 aromatic heterocycles. The van der Waals surface area contributed by atoms with Crippen LogP contribution >= 0.6 is 11.6 Å². The van der Waals surface area contributed by atoms with Crippen molar-refractivity contribution < 1.29 is 14.4 Å². The van der Waals surface area contributed by atoms with Crippen LogP contribution in [0.3, 0.4) is 0 Å². The molecule has 3 nitrogen and oxygen atoms in total. The van der Waals surface area contributed by atoms with Crippen molar-refractivity contribution in [3.63, 3.8) is 0 Å². The van der Waals surface area contributed by atoms with Crippen LogP contribution in [0, 0.1) is 0 Å². The summed E-state index contributed by atoms with van der Waals surface area (Å²) in [6.45, 7) is 5.33. The second-order valence-corrected chi connectivity index (χ2v) is 6.05. The lowest BCUT2D eigenvalue weighted by atomic mass is 10.1. The maximum absolute atomic E-state index is 11.9. The molecule has 0 spiro atoms. The molecular weight excluding hydrogens is 274 g/mol. The Morgan fingerprint density at radius 1 is 1.25 bits per heavy atom. The van der Waals surface area contributed by atoms with Crippen LogP contribution in [0.2, 0.25) is 5.02 Å². The Morgan fingerprint density at radius 2 is 1.90 bits per heavy atom. The number of piperidine rings is 1. The number of hydrogen-bond acceptors (Lipinski definition) is 2. The highest BCUT2D eigenvalue weighted by atomic mass is 35.5. The smallest absolute Gasteiger partial charge is 0.310 e. The Labute approximate surface area is 125 Å². The molecule has 1 aromatic carbocycles. The lowest BCUT2D eigenvalue weighted by Crippen LogP contribution is -3.13. The largest absolute Gasteiger partial charge is 0.456 e. The zero-order chi connectivity index (χ0) is 14.4. The molecule has 0 saturated carbocycles. The molecule has 1 heterocycles. The van der Waals surface area contributed by atoms with Crippen molar-refractivity contribution in [3.05, 3.63) is 34.9 Å². The van der Waals surface area contributed by atoms with Crippen LogP contribution in [0.4, 0.5) is 0 Å². The Kier molecular flexibility index (Phi) is 5.86. The van der Waals surface area contributed by atoms with Crippen LogP contribution in [0.5, 0.6) is 0 Å². The van der Waals surface area contributed by atoms with E-state index in [1.807, 2.05) is 19.1 Å². The van der Waals surface area contributed by atoms with Crippen molar-refractivity contribution in [2.24, 2.45) is 0 Å². The van der Waals surface area contributed by atoms with E-state index in [1.165, 1.54) is 32.4 Å². The molecule has 2 rings (SSSR count). The van der Waals surface area contributed by atoms with E-state index in [0.29, 0.717) is 11.4 Å². The van der Waals surface area contributed by atoms with Gasteiger partial charge in [-0.25, -0.2) is 0 Å². The van der Waals surface area contributed by atoms with Gasteiger partial charge in [-0.15, -0.1) is 0 Å². The summed E-state index contributed by atoms with van der Waals surface area (Å²) < 4.78 is 5.49. The van der Waals surface area contributed by atoms with Crippen molar-refractivity contribution in [2.45, 2.75) is 38.7 Å². The molecule has 1 atom stereocenters. The quantitative estimate of drug-likeness (QED) is 0.841. The highest BCUT2D eigenvalue weighted by Crippen LogP contribution is 2.10. The van der Waals surface area contributed by atoms with Crippen LogP contribution in [-0.2, 0) is 16.0 Å². The van der Waals surface area contributed by atoms with E-state index in [2.05, 4.69) is 0 Å². The van der Waals surface area contributed by atoms with Gasteiger partial charge in [-0.2, -0.15) is 0 Å². The number of esters is 1. The number of carbonyl (C=O) groups is 1. The molecule has 110 valence electrons. The summed E-state index contributed by atoms with van der Waals surface area (Å²) in [5.74, 6) is -0.156. The number of carbonyl (C=O) groups excluding carboxylic acids is 1. The molecular formula is C16H23ClNO2+. The normalized spacial score (nSPS) is 17.7. The number of ether oxygens (including phenoxy) is 1. The Hall–Kier alpha value is -1.06. The monoisotopic (exact) mass is 296 g/mol. The molecule has 1 N–H and O–H groups in total. The predicted octanol–water partition coefficient (Wildman–Crippen LogP) is 1.88. The van der Waals surface area contributed by atoms with E-state index < -0.39 is 0 Å². The molecule has 1 aromatic rings. The minimum atomic E-state index is -0.156. The number of rotatable bonds is 5. The van der Waals surface area contributed by atoms with Gasteiger partial charge in [0, 0.05) is 5.02 Å². The number of likely N-dealkylation sites (tertiary alicyclic amines) is 1. The lowest BCUT2D eigenvalue weighted by Gasteiger charge is -2.26. The van der Waals surface area contributed by atoms with Crippen molar-refractivity contribution in [1.29, 1.82) is 0 Å². The number of nitrogens with one attached hydrogen (secondary N) is 1. The third-order valence-corrected chi connectivity index (χ3v) is 3.98. The second kappa shape index (κ2) is 7.65. The van der Waals surface area contributed by atoms with E-state index in [-0.39, 0.29) is 12.1 Å². The van der Waals surface area contributed by atoms with E-state index in [0.717, 1.165) is 12.1 Å². The van der Waals surface area contributed by atoms with Gasteiger partial charge in [0.25, 0.3) is 0 Å². The van der Waals surface area contributed by atoms with Gasteiger partial charge in [-0.1, -0.05) is 23.7 Å². The Balaban J connectivity index is 1.74. The number of hydrogen-bond donors (Lipinski definition) is 1. The molecule has 1 unspecified atom stereocenters. The predicted molar refractivity (Wildman–Crippen MR) is 80.1 cm³/mol. The standard InChI is InChI=1S/C16H22ClNO2/c1-13(12-18-9-3-2-4-10-18)20-16(19)11-14-5-7-15(17)8-6-14/h5-8,13H,2-4,9-12H2,1H3/p+1. The fraction of sp³-hybridized carbons (Fsp3) is 0.562. The van der Waals surface area contributed by atoms with Crippen LogP contribution in [0.25, 0.3) is 0 Å². The zero-order valence-electron chi connectivity index (χ0n) is 12.0. The van der Waals surface area contributed by atoms with Gasteiger partial charge in [0.05, 0.1) is 19.5 Å². The summed E-state index contributed by atoms with van der Waals surface area (Å²) in [5, 5.41) is 0.684. The summed E-state index contributed by atoms with van der Waals surface area (Å²) in [4.78, 5) is 13.4. The molecule has 1 aliphatic rings. The van der Waals surface area contributed by atoms with E-state index in [4.69, 9.17) is 16.3 Å². The van der Waals surface area contributed by atoms with E-state index in [1.54, 1.807) is 17.0 Å². The third-order valence-electron chi connectivity index (χ3n) is 3.73. The zero-order valence-corrected chi connectivity index (χ0v) is 12.8. The molecule has 20 heavy (non-hydrogen) atoms. The number of halogens is 1. The van der Waals surface area contributed by atoms with Gasteiger partial charge in [-0.05, 0) is 43.9 Å². The van der Waals surface area contributed by atoms with Gasteiger partial charge in [0.2, 0.25) is 0 Å². The van der Waals surface area contributed by atoms with Crippen molar-refractivity contribution in [3.8, 4) is 0 Å². The number of benzene rings is 1. The SMILES string of the molecule is CC(C[NH+]1CCCCC1)OC(=O)Cc1ccc(Cl)cc1. The van der Waals surface area contributed by atoms with Crippen LogP contribution < -0.4 is 4.90 Å². The summed E-state index contributed by atoms with van der Waals surface area (Å²) in [7, 11) is 0. The summed E-state index contributed by atoms with van der Waals surface area (Å²) in [6.07, 6.45) is 4.23. The molecule has 1 saturated heterocycles. The van der Waals surface area contributed by atoms with Gasteiger partial charge < -0.3 is 9.64 Å². The first-order valence-electron chi connectivity index (χ1n) is 7.41. The molecule has 0 bridgehead atoms. The van der Waals surface area contributed by atoms with E-state index >= 15 is 0 Å². The molecule has 0 amide bonds. The first-order chi connectivity index (χ1) is 9.63. The first-order valence-corrected chi connectivity index (χ1v) is 7.79. The highest BCUT2D eigenvalue weighted by molar-refractivity contribution is 6.30. The van der Waals surface area contributed by atoms with Gasteiger partial charge >= 0.3 is 5.97 Å². The molecule has 0 radical (unpaired) electrons. The Bertz CT molecular complexity index is 427. The average molecular weight is 297 g/mol. The van der Waals surface area contributed by atoms with Crippen molar-refractivity contribution in [1.82, 2.24) is 0 Å². The summed E-state index contributed by atoms with van der Waals surface area (Å²) >= 11 is 5.82. The third kappa shape index (κ3) is 5.14. The maximum atomic E-state index is 11.9. The first kappa shape index (κ1) is 15.3. The lowest BCUT2D eigenvalue weighted by molar-refractivity contribution is -0.907. The number of quaternary nitrogens is 1. The molecule has 1 fully saturated rings. The minimum absolute atomic E-state index is 0.0112. The van der Waals surface area contributed by atoms with Crippen LogP contribution in [0.1, 0.15) is 31.7 Å². The van der Waals surface area contributed by atoms with Gasteiger partial charge in [-0.3, -0.25) is 4.79 Å². The topological polar surface area (TPSA) is 30.7 Å². The highest BCUT2D eigenvalue weighted by Gasteiger charge is 2.19. The fourth-order valence-electron chi connectivity index (χ4n) is 2.74. The summed E-state index contributed by atoms with van der Waals surface area (Å²) in [6, 6.07) is 7.32. The maximum Gasteiger partial charge on any atom is 0.310 e. The van der Waals surface area contributed by atoms with Gasteiger partial charge in [0.15, 0.2) is 0 Å². The van der Waals surface area contributed by atoms with Crippen molar-refractivity contribution in [2.75, 3.05) is 19.6 Å². The Morgan fingerprint density at radius 3 is 2.55 bits per heavy atom.